The summed E-state index contributed by atoms with van der Waals surface area (Å²) in [5.74, 6) is -0.246. The standard InChI is InChI=1S/C28H24ClF/c1-28(2,3)21-15-12-19(13-16-21)20-14-17-27(30)25(18-20)23-9-5-4-8-22(23)24-10-6-7-11-26(24)29/h4-18H,1-3H3. The lowest BCUT2D eigenvalue weighted by Crippen LogP contribution is -2.10. The Morgan fingerprint density at radius 2 is 1.13 bits per heavy atom. The highest BCUT2D eigenvalue weighted by Gasteiger charge is 2.16. The van der Waals surface area contributed by atoms with E-state index in [1.54, 1.807) is 6.07 Å². The van der Waals surface area contributed by atoms with Crippen molar-refractivity contribution in [3.63, 3.8) is 0 Å². The summed E-state index contributed by atoms with van der Waals surface area (Å²) in [4.78, 5) is 0. The quantitative estimate of drug-likeness (QED) is 0.314. The van der Waals surface area contributed by atoms with Crippen LogP contribution in [0.2, 0.25) is 5.02 Å². The monoisotopic (exact) mass is 414 g/mol. The predicted molar refractivity (Wildman–Crippen MR) is 126 cm³/mol. The SMILES string of the molecule is CC(C)(C)c1ccc(-c2ccc(F)c(-c3ccccc3-c3ccccc3Cl)c2)cc1. The van der Waals surface area contributed by atoms with E-state index < -0.39 is 0 Å². The van der Waals surface area contributed by atoms with Gasteiger partial charge in [-0.25, -0.2) is 4.39 Å². The van der Waals surface area contributed by atoms with E-state index in [2.05, 4.69) is 45.0 Å². The molecular formula is C28H24ClF. The molecule has 0 aliphatic heterocycles. The van der Waals surface area contributed by atoms with E-state index in [1.165, 1.54) is 5.56 Å². The molecule has 0 heterocycles. The fourth-order valence-corrected chi connectivity index (χ4v) is 3.94. The molecule has 0 aliphatic carbocycles. The predicted octanol–water partition coefficient (Wildman–Crippen LogP) is 8.78. The van der Waals surface area contributed by atoms with Gasteiger partial charge in [-0.1, -0.05) is 105 Å². The fraction of sp³-hybridized carbons (Fsp3) is 0.143. The van der Waals surface area contributed by atoms with Crippen LogP contribution in [-0.4, -0.2) is 0 Å². The molecule has 0 aliphatic rings. The Morgan fingerprint density at radius 3 is 1.73 bits per heavy atom. The van der Waals surface area contributed by atoms with Crippen molar-refractivity contribution in [1.29, 1.82) is 0 Å². The molecule has 0 nitrogen and oxygen atoms in total. The van der Waals surface area contributed by atoms with Crippen LogP contribution < -0.4 is 0 Å². The van der Waals surface area contributed by atoms with Crippen molar-refractivity contribution < 1.29 is 4.39 Å². The van der Waals surface area contributed by atoms with Gasteiger partial charge in [0.05, 0.1) is 0 Å². The zero-order valence-electron chi connectivity index (χ0n) is 17.4. The summed E-state index contributed by atoms with van der Waals surface area (Å²) < 4.78 is 15.0. The first-order valence-electron chi connectivity index (χ1n) is 10.1. The topological polar surface area (TPSA) is 0 Å². The van der Waals surface area contributed by atoms with Crippen molar-refractivity contribution in [2.24, 2.45) is 0 Å². The van der Waals surface area contributed by atoms with Gasteiger partial charge < -0.3 is 0 Å². The van der Waals surface area contributed by atoms with E-state index in [9.17, 15) is 4.39 Å². The minimum atomic E-state index is -0.246. The van der Waals surface area contributed by atoms with Crippen molar-refractivity contribution in [2.45, 2.75) is 26.2 Å². The van der Waals surface area contributed by atoms with Crippen LogP contribution in [-0.2, 0) is 5.41 Å². The largest absolute Gasteiger partial charge is 0.206 e. The van der Waals surface area contributed by atoms with Crippen molar-refractivity contribution in [2.75, 3.05) is 0 Å². The third-order valence-electron chi connectivity index (χ3n) is 5.43. The van der Waals surface area contributed by atoms with Crippen LogP contribution in [0.4, 0.5) is 4.39 Å². The van der Waals surface area contributed by atoms with Gasteiger partial charge >= 0.3 is 0 Å². The summed E-state index contributed by atoms with van der Waals surface area (Å²) in [6.45, 7) is 6.59. The molecule has 0 amide bonds. The number of hydrogen-bond donors (Lipinski definition) is 0. The van der Waals surface area contributed by atoms with Gasteiger partial charge in [-0.3, -0.25) is 0 Å². The van der Waals surface area contributed by atoms with Gasteiger partial charge in [-0.15, -0.1) is 0 Å². The maximum atomic E-state index is 15.0. The molecule has 0 unspecified atom stereocenters. The molecule has 0 radical (unpaired) electrons. The third-order valence-corrected chi connectivity index (χ3v) is 5.76. The summed E-state index contributed by atoms with van der Waals surface area (Å²) in [5.41, 5.74) is 6.65. The third kappa shape index (κ3) is 4.04. The lowest BCUT2D eigenvalue weighted by atomic mass is 9.86. The first kappa shape index (κ1) is 20.4. The molecule has 0 aromatic heterocycles. The van der Waals surface area contributed by atoms with Gasteiger partial charge in [0.15, 0.2) is 0 Å². The second-order valence-corrected chi connectivity index (χ2v) is 8.95. The van der Waals surface area contributed by atoms with E-state index >= 15 is 0 Å². The molecular weight excluding hydrogens is 391 g/mol. The van der Waals surface area contributed by atoms with Crippen LogP contribution in [0.1, 0.15) is 26.3 Å². The zero-order valence-corrected chi connectivity index (χ0v) is 18.2. The van der Waals surface area contributed by atoms with Crippen LogP contribution in [0.15, 0.2) is 91.0 Å². The molecule has 4 aromatic carbocycles. The number of hydrogen-bond acceptors (Lipinski definition) is 0. The molecule has 0 atom stereocenters. The first-order valence-corrected chi connectivity index (χ1v) is 10.5. The molecule has 4 rings (SSSR count). The maximum absolute atomic E-state index is 15.0. The second kappa shape index (κ2) is 8.08. The van der Waals surface area contributed by atoms with Crippen LogP contribution in [0.3, 0.4) is 0 Å². The number of rotatable bonds is 3. The zero-order chi connectivity index (χ0) is 21.3. The van der Waals surface area contributed by atoms with Crippen LogP contribution in [0.5, 0.6) is 0 Å². The Hall–Kier alpha value is -2.90. The number of halogens is 2. The van der Waals surface area contributed by atoms with Gasteiger partial charge in [0.2, 0.25) is 0 Å². The van der Waals surface area contributed by atoms with E-state index in [0.717, 1.165) is 27.8 Å². The molecule has 4 aromatic rings. The first-order chi connectivity index (χ1) is 14.3. The highest BCUT2D eigenvalue weighted by Crippen LogP contribution is 2.38. The maximum Gasteiger partial charge on any atom is 0.131 e. The highest BCUT2D eigenvalue weighted by atomic mass is 35.5. The molecule has 0 spiro atoms. The summed E-state index contributed by atoms with van der Waals surface area (Å²) in [6.07, 6.45) is 0. The fourth-order valence-electron chi connectivity index (χ4n) is 3.71. The van der Waals surface area contributed by atoms with Crippen LogP contribution in [0.25, 0.3) is 33.4 Å². The molecule has 0 bridgehead atoms. The smallest absolute Gasteiger partial charge is 0.131 e. The van der Waals surface area contributed by atoms with Crippen LogP contribution >= 0.6 is 11.6 Å². The average molecular weight is 415 g/mol. The molecule has 0 saturated heterocycles. The molecule has 150 valence electrons. The summed E-state index contributed by atoms with van der Waals surface area (Å²) in [7, 11) is 0. The van der Waals surface area contributed by atoms with Crippen molar-refractivity contribution in [1.82, 2.24) is 0 Å². The van der Waals surface area contributed by atoms with E-state index in [1.807, 2.05) is 60.7 Å². The van der Waals surface area contributed by atoms with Gasteiger partial charge in [-0.2, -0.15) is 0 Å². The number of benzene rings is 4. The van der Waals surface area contributed by atoms with E-state index in [-0.39, 0.29) is 11.2 Å². The molecule has 0 N–H and O–H groups in total. The Bertz CT molecular complexity index is 1180. The summed E-state index contributed by atoms with van der Waals surface area (Å²) in [5, 5.41) is 0.652. The lowest BCUT2D eigenvalue weighted by Gasteiger charge is -2.19. The molecule has 30 heavy (non-hydrogen) atoms. The normalized spacial score (nSPS) is 11.5. The van der Waals surface area contributed by atoms with Gasteiger partial charge in [-0.05, 0) is 51.4 Å². The van der Waals surface area contributed by atoms with Gasteiger partial charge in [0.25, 0.3) is 0 Å². The second-order valence-electron chi connectivity index (χ2n) is 8.55. The molecule has 2 heteroatoms. The van der Waals surface area contributed by atoms with Crippen molar-refractivity contribution in [3.8, 4) is 33.4 Å². The van der Waals surface area contributed by atoms with Gasteiger partial charge in [0.1, 0.15) is 5.82 Å². The summed E-state index contributed by atoms with van der Waals surface area (Å²) >= 11 is 6.44. The highest BCUT2D eigenvalue weighted by molar-refractivity contribution is 6.33. The minimum absolute atomic E-state index is 0.0976. The average Bonchev–Trinajstić information content (AvgIpc) is 2.74. The Kier molecular flexibility index (Phi) is 5.49. The van der Waals surface area contributed by atoms with Crippen LogP contribution in [0, 0.1) is 5.82 Å². The van der Waals surface area contributed by atoms with Crippen molar-refractivity contribution >= 4 is 11.6 Å². The van der Waals surface area contributed by atoms with E-state index in [0.29, 0.717) is 10.6 Å². The molecule has 0 fully saturated rings. The van der Waals surface area contributed by atoms with E-state index in [4.69, 9.17) is 11.6 Å². The van der Waals surface area contributed by atoms with Gasteiger partial charge in [0, 0.05) is 16.1 Å². The Balaban J connectivity index is 1.82. The minimum Gasteiger partial charge on any atom is -0.206 e. The van der Waals surface area contributed by atoms with Crippen molar-refractivity contribution in [3.05, 3.63) is 107 Å². The lowest BCUT2D eigenvalue weighted by molar-refractivity contribution is 0.590. The Labute approximate surface area is 183 Å². The summed E-state index contributed by atoms with van der Waals surface area (Å²) in [6, 6.07) is 29.3. The molecule has 0 saturated carbocycles. The Morgan fingerprint density at radius 1 is 0.600 bits per heavy atom.